The Hall–Kier alpha value is -1.05. The Morgan fingerprint density at radius 1 is 1.56 bits per heavy atom. The Morgan fingerprint density at radius 2 is 2.31 bits per heavy atom. The minimum absolute atomic E-state index is 0.358. The predicted molar refractivity (Wildman–Crippen MR) is 70.3 cm³/mol. The number of rotatable bonds is 1. The molecule has 1 N–H and O–H groups in total. The summed E-state index contributed by atoms with van der Waals surface area (Å²) in [5.41, 5.74) is 0.606. The van der Waals surface area contributed by atoms with Gasteiger partial charge in [-0.3, -0.25) is 4.90 Å². The van der Waals surface area contributed by atoms with Crippen LogP contribution in [0, 0.1) is 0 Å². The summed E-state index contributed by atoms with van der Waals surface area (Å²) in [5, 5.41) is 4.55. The van der Waals surface area contributed by atoms with E-state index in [9.17, 15) is 0 Å². The number of thiocarbonyl (C=S) groups is 1. The van der Waals surface area contributed by atoms with Crippen LogP contribution in [0.4, 0.5) is 5.13 Å². The molecule has 2 aromatic rings. The molecule has 0 aliphatic carbocycles. The van der Waals surface area contributed by atoms with Crippen molar-refractivity contribution in [3.05, 3.63) is 11.5 Å². The van der Waals surface area contributed by atoms with E-state index in [0.717, 1.165) is 9.96 Å². The van der Waals surface area contributed by atoms with E-state index in [2.05, 4.69) is 20.3 Å². The highest BCUT2D eigenvalue weighted by atomic mass is 35.5. The Labute approximate surface area is 106 Å². The summed E-state index contributed by atoms with van der Waals surface area (Å²) in [5.74, 6) is 0. The fourth-order valence-corrected chi connectivity index (χ4v) is 2.37. The number of halogens is 1. The van der Waals surface area contributed by atoms with Crippen LogP contribution < -0.4 is 10.2 Å². The van der Waals surface area contributed by atoms with Gasteiger partial charge in [-0.05, 0) is 12.2 Å². The van der Waals surface area contributed by atoms with Gasteiger partial charge in [0.25, 0.3) is 0 Å². The van der Waals surface area contributed by atoms with E-state index in [1.807, 2.05) is 7.05 Å². The zero-order valence-corrected chi connectivity index (χ0v) is 10.9. The molecule has 0 saturated heterocycles. The molecular formula is C8H8ClN5S2. The number of anilines is 1. The predicted octanol–water partition coefficient (Wildman–Crippen LogP) is 1.68. The third kappa shape index (κ3) is 1.93. The largest absolute Gasteiger partial charge is 0.365 e. The molecule has 0 amide bonds. The van der Waals surface area contributed by atoms with Crippen molar-refractivity contribution >= 4 is 55.7 Å². The molecule has 0 atom stereocenters. The average molecular weight is 274 g/mol. The van der Waals surface area contributed by atoms with Gasteiger partial charge in [0, 0.05) is 14.1 Å². The molecule has 0 fully saturated rings. The zero-order chi connectivity index (χ0) is 11.7. The van der Waals surface area contributed by atoms with Crippen LogP contribution in [0.5, 0.6) is 0 Å². The number of thiazole rings is 1. The maximum atomic E-state index is 5.91. The van der Waals surface area contributed by atoms with Crippen LogP contribution in [-0.2, 0) is 0 Å². The maximum Gasteiger partial charge on any atom is 0.194 e. The first-order chi connectivity index (χ1) is 7.63. The molecule has 0 unspecified atom stereocenters. The van der Waals surface area contributed by atoms with Gasteiger partial charge in [0.1, 0.15) is 16.7 Å². The number of hydrogen-bond acceptors (Lipinski definition) is 5. The summed E-state index contributed by atoms with van der Waals surface area (Å²) in [6, 6.07) is 0. The van der Waals surface area contributed by atoms with Gasteiger partial charge in [-0.15, -0.1) is 0 Å². The molecule has 0 spiro atoms. The molecule has 16 heavy (non-hydrogen) atoms. The highest BCUT2D eigenvalue weighted by molar-refractivity contribution is 7.80. The molecule has 0 radical (unpaired) electrons. The number of fused-ring (bicyclic) bond motifs is 1. The van der Waals surface area contributed by atoms with Crippen molar-refractivity contribution in [3.8, 4) is 0 Å². The molecule has 8 heteroatoms. The topological polar surface area (TPSA) is 53.9 Å². The van der Waals surface area contributed by atoms with Crippen LogP contribution in [0.25, 0.3) is 10.3 Å². The van der Waals surface area contributed by atoms with Crippen LogP contribution >= 0.6 is 35.2 Å². The van der Waals surface area contributed by atoms with E-state index in [0.29, 0.717) is 15.8 Å². The summed E-state index contributed by atoms with van der Waals surface area (Å²) in [6.45, 7) is 0. The first-order valence-electron chi connectivity index (χ1n) is 4.36. The van der Waals surface area contributed by atoms with E-state index in [4.69, 9.17) is 23.8 Å². The Bertz CT molecular complexity index is 540. The lowest BCUT2D eigenvalue weighted by molar-refractivity contribution is 1.11. The fraction of sp³-hybridized carbons (Fsp3) is 0.250. The van der Waals surface area contributed by atoms with Gasteiger partial charge in [-0.25, -0.2) is 15.0 Å². The van der Waals surface area contributed by atoms with E-state index >= 15 is 0 Å². The van der Waals surface area contributed by atoms with Crippen molar-refractivity contribution in [2.75, 3.05) is 19.0 Å². The van der Waals surface area contributed by atoms with Gasteiger partial charge < -0.3 is 5.32 Å². The van der Waals surface area contributed by atoms with Crippen LogP contribution in [0.15, 0.2) is 6.33 Å². The molecule has 2 heterocycles. The summed E-state index contributed by atoms with van der Waals surface area (Å²) < 4.78 is 0. The minimum Gasteiger partial charge on any atom is -0.365 e. The molecule has 2 rings (SSSR count). The Kier molecular flexibility index (Phi) is 3.17. The van der Waals surface area contributed by atoms with Crippen molar-refractivity contribution in [1.82, 2.24) is 20.3 Å². The SMILES string of the molecule is CNC(=S)N(C)c1nc2c(Cl)ncnc2s1. The lowest BCUT2D eigenvalue weighted by atomic mass is 10.6. The number of hydrogen-bond donors (Lipinski definition) is 1. The van der Waals surface area contributed by atoms with E-state index in [-0.39, 0.29) is 0 Å². The molecule has 0 aliphatic rings. The van der Waals surface area contributed by atoms with Crippen molar-refractivity contribution in [1.29, 1.82) is 0 Å². The fourth-order valence-electron chi connectivity index (χ4n) is 1.11. The van der Waals surface area contributed by atoms with Crippen LogP contribution in [0.2, 0.25) is 5.15 Å². The first-order valence-corrected chi connectivity index (χ1v) is 5.96. The monoisotopic (exact) mass is 273 g/mol. The standard InChI is InChI=1S/C8H8ClN5S2/c1-10-7(15)14(2)8-13-4-5(9)11-3-12-6(4)16-8/h3H,1-2H3,(H,10,15). The van der Waals surface area contributed by atoms with E-state index < -0.39 is 0 Å². The zero-order valence-electron chi connectivity index (χ0n) is 8.56. The smallest absolute Gasteiger partial charge is 0.194 e. The molecule has 0 aliphatic heterocycles. The molecule has 0 aromatic carbocycles. The van der Waals surface area contributed by atoms with E-state index in [1.54, 1.807) is 11.9 Å². The molecule has 84 valence electrons. The van der Waals surface area contributed by atoms with Gasteiger partial charge in [0.05, 0.1) is 0 Å². The number of nitrogens with zero attached hydrogens (tertiary/aromatic N) is 4. The molecule has 2 aromatic heterocycles. The van der Waals surface area contributed by atoms with Crippen molar-refractivity contribution in [2.45, 2.75) is 0 Å². The molecule has 0 bridgehead atoms. The highest BCUT2D eigenvalue weighted by Gasteiger charge is 2.14. The second-order valence-corrected chi connectivity index (χ2v) is 4.63. The highest BCUT2D eigenvalue weighted by Crippen LogP contribution is 2.29. The van der Waals surface area contributed by atoms with Crippen LogP contribution in [-0.4, -0.2) is 34.2 Å². The second kappa shape index (κ2) is 4.44. The van der Waals surface area contributed by atoms with Gasteiger partial charge in [-0.2, -0.15) is 0 Å². The van der Waals surface area contributed by atoms with Crippen LogP contribution in [0.1, 0.15) is 0 Å². The summed E-state index contributed by atoms with van der Waals surface area (Å²) in [4.78, 5) is 14.8. The summed E-state index contributed by atoms with van der Waals surface area (Å²) >= 11 is 12.4. The molecular weight excluding hydrogens is 266 g/mol. The van der Waals surface area contributed by atoms with Gasteiger partial charge in [-0.1, -0.05) is 22.9 Å². The maximum absolute atomic E-state index is 5.91. The summed E-state index contributed by atoms with van der Waals surface area (Å²) in [6.07, 6.45) is 1.42. The van der Waals surface area contributed by atoms with Gasteiger partial charge in [0.15, 0.2) is 15.4 Å². The first kappa shape index (κ1) is 11.4. The lowest BCUT2D eigenvalue weighted by Gasteiger charge is -2.15. The Morgan fingerprint density at radius 3 is 2.94 bits per heavy atom. The molecule has 5 nitrogen and oxygen atoms in total. The van der Waals surface area contributed by atoms with Gasteiger partial charge >= 0.3 is 0 Å². The van der Waals surface area contributed by atoms with Crippen molar-refractivity contribution < 1.29 is 0 Å². The number of nitrogens with one attached hydrogen (secondary N) is 1. The third-order valence-corrected chi connectivity index (χ3v) is 3.74. The minimum atomic E-state index is 0.358. The third-order valence-electron chi connectivity index (χ3n) is 1.94. The Balaban J connectivity index is 2.47. The summed E-state index contributed by atoms with van der Waals surface area (Å²) in [7, 11) is 3.59. The van der Waals surface area contributed by atoms with Crippen molar-refractivity contribution in [3.63, 3.8) is 0 Å². The average Bonchev–Trinajstić information content (AvgIpc) is 2.72. The number of aromatic nitrogens is 3. The van der Waals surface area contributed by atoms with Gasteiger partial charge in [0.2, 0.25) is 0 Å². The van der Waals surface area contributed by atoms with E-state index in [1.165, 1.54) is 17.7 Å². The normalized spacial score (nSPS) is 10.4. The quantitative estimate of drug-likeness (QED) is 0.630. The van der Waals surface area contributed by atoms with Crippen LogP contribution in [0.3, 0.4) is 0 Å². The molecule has 0 saturated carbocycles. The van der Waals surface area contributed by atoms with Crippen molar-refractivity contribution in [2.24, 2.45) is 0 Å². The lowest BCUT2D eigenvalue weighted by Crippen LogP contribution is -2.34. The second-order valence-electron chi connectivity index (χ2n) is 2.93.